The minimum absolute atomic E-state index is 0. The van der Waals surface area contributed by atoms with E-state index in [1.807, 2.05) is 0 Å². The van der Waals surface area contributed by atoms with E-state index in [0.717, 1.165) is 12.8 Å². The fourth-order valence-electron chi connectivity index (χ4n) is 1.98. The SMILES string of the molecule is CCCCC1=[C-]CC=C1.CCCCC1=[C-]CC=C1.[CH3-].[Fe+2].[Fe]. The van der Waals surface area contributed by atoms with Gasteiger partial charge in [-0.05, 0) is 0 Å². The summed E-state index contributed by atoms with van der Waals surface area (Å²) < 4.78 is 0. The summed E-state index contributed by atoms with van der Waals surface area (Å²) in [6, 6.07) is 0. The molecule has 2 heteroatoms. The number of hydrogen-bond acceptors (Lipinski definition) is 0. The molecule has 0 saturated carbocycles. The van der Waals surface area contributed by atoms with Gasteiger partial charge in [-0.25, -0.2) is 23.3 Å². The molecule has 0 spiro atoms. The number of allylic oxidation sites excluding steroid dienone is 8. The van der Waals surface area contributed by atoms with Crippen molar-refractivity contribution in [1.82, 2.24) is 0 Å². The molecule has 2 aliphatic carbocycles. The normalized spacial score (nSPS) is 14.0. The van der Waals surface area contributed by atoms with Gasteiger partial charge in [-0.1, -0.05) is 52.4 Å². The Bertz CT molecular complexity index is 301. The van der Waals surface area contributed by atoms with Crippen molar-refractivity contribution < 1.29 is 34.1 Å². The van der Waals surface area contributed by atoms with Gasteiger partial charge in [0.15, 0.2) is 0 Å². The summed E-state index contributed by atoms with van der Waals surface area (Å²) in [5.74, 6) is 0. The zero-order chi connectivity index (χ0) is 13.1. The minimum atomic E-state index is 0. The molecular weight excluding hydrogens is 340 g/mol. The quantitative estimate of drug-likeness (QED) is 0.388. The van der Waals surface area contributed by atoms with Crippen molar-refractivity contribution in [2.75, 3.05) is 0 Å². The third-order valence-corrected chi connectivity index (χ3v) is 3.13. The van der Waals surface area contributed by atoms with E-state index >= 15 is 0 Å². The third kappa shape index (κ3) is 13.4. The molecule has 2 rings (SSSR count). The Kier molecular flexibility index (Phi) is 22.3. The second-order valence-corrected chi connectivity index (χ2v) is 4.82. The first-order chi connectivity index (χ1) is 8.86. The van der Waals surface area contributed by atoms with Gasteiger partial charge in [0, 0.05) is 17.1 Å². The Labute approximate surface area is 154 Å². The smallest absolute Gasteiger partial charge is 0.358 e. The number of hydrogen-bond donors (Lipinski definition) is 0. The zero-order valence-electron chi connectivity index (χ0n) is 13.7. The molecule has 0 aliphatic heterocycles. The Morgan fingerprint density at radius 3 is 1.48 bits per heavy atom. The zero-order valence-corrected chi connectivity index (χ0v) is 15.9. The van der Waals surface area contributed by atoms with Crippen LogP contribution in [0.15, 0.2) is 35.5 Å². The van der Waals surface area contributed by atoms with Crippen LogP contribution < -0.4 is 0 Å². The van der Waals surface area contributed by atoms with Crippen molar-refractivity contribution in [1.29, 1.82) is 0 Å². The molecule has 0 heterocycles. The summed E-state index contributed by atoms with van der Waals surface area (Å²) in [7, 11) is 0. The first-order valence-corrected chi connectivity index (χ1v) is 7.39. The molecule has 0 fully saturated rings. The second kappa shape index (κ2) is 18.0. The van der Waals surface area contributed by atoms with Crippen LogP contribution in [0.1, 0.15) is 65.2 Å². The van der Waals surface area contributed by atoms with Crippen LogP contribution >= 0.6 is 0 Å². The van der Waals surface area contributed by atoms with Crippen molar-refractivity contribution in [2.24, 2.45) is 0 Å². The molecule has 0 aromatic rings. The molecule has 2 aliphatic rings. The molecule has 21 heavy (non-hydrogen) atoms. The van der Waals surface area contributed by atoms with E-state index in [1.54, 1.807) is 0 Å². The molecule has 0 atom stereocenters. The average Bonchev–Trinajstić information content (AvgIpc) is 3.07. The Morgan fingerprint density at radius 2 is 1.24 bits per heavy atom. The maximum absolute atomic E-state index is 3.30. The summed E-state index contributed by atoms with van der Waals surface area (Å²) in [4.78, 5) is 0. The third-order valence-electron chi connectivity index (χ3n) is 3.13. The Morgan fingerprint density at radius 1 is 0.857 bits per heavy atom. The predicted octanol–water partition coefficient (Wildman–Crippen LogP) is 6.18. The minimum Gasteiger partial charge on any atom is -0.358 e. The molecule has 0 saturated heterocycles. The van der Waals surface area contributed by atoms with Gasteiger partial charge in [0.2, 0.25) is 0 Å². The van der Waals surface area contributed by atoms with Crippen LogP contribution in [0.25, 0.3) is 0 Å². The molecule has 0 unspecified atom stereocenters. The predicted molar refractivity (Wildman–Crippen MR) is 86.5 cm³/mol. The van der Waals surface area contributed by atoms with E-state index in [2.05, 4.69) is 50.3 Å². The molecule has 0 N–H and O–H groups in total. The standard InChI is InChI=1S/2C9H13.CH3.2Fe/c2*1-2-3-6-9-7-4-5-8-9;;;/h2*4,7H,2-3,5-6H2,1H3;1H3;;/q3*-1;;+2. The molecule has 0 amide bonds. The maximum atomic E-state index is 3.30. The molecule has 0 nitrogen and oxygen atoms in total. The van der Waals surface area contributed by atoms with E-state index in [9.17, 15) is 0 Å². The Balaban J connectivity index is -0.000000270. The average molecular weight is 369 g/mol. The van der Waals surface area contributed by atoms with E-state index < -0.39 is 0 Å². The van der Waals surface area contributed by atoms with E-state index in [0.29, 0.717) is 0 Å². The Hall–Kier alpha value is -0.00104. The van der Waals surface area contributed by atoms with Crippen molar-refractivity contribution >= 4 is 0 Å². The summed E-state index contributed by atoms with van der Waals surface area (Å²) in [5.41, 5.74) is 2.83. The van der Waals surface area contributed by atoms with Crippen molar-refractivity contribution in [3.63, 3.8) is 0 Å². The largest absolute Gasteiger partial charge is 2.00 e. The first-order valence-electron chi connectivity index (χ1n) is 7.39. The topological polar surface area (TPSA) is 0 Å². The second-order valence-electron chi connectivity index (χ2n) is 4.82. The number of unbranched alkanes of at least 4 members (excludes halogenated alkanes) is 2. The van der Waals surface area contributed by atoms with Crippen LogP contribution in [0.2, 0.25) is 0 Å². The first kappa shape index (κ1) is 25.9. The van der Waals surface area contributed by atoms with Crippen LogP contribution in [0, 0.1) is 19.6 Å². The van der Waals surface area contributed by atoms with Crippen molar-refractivity contribution in [3.8, 4) is 0 Å². The van der Waals surface area contributed by atoms with Crippen LogP contribution in [-0.4, -0.2) is 0 Å². The molecule has 0 radical (unpaired) electrons. The van der Waals surface area contributed by atoms with Gasteiger partial charge in [0.1, 0.15) is 0 Å². The fraction of sp³-hybridized carbons (Fsp3) is 0.526. The summed E-state index contributed by atoms with van der Waals surface area (Å²) in [5, 5.41) is 0. The van der Waals surface area contributed by atoms with Crippen LogP contribution in [-0.2, 0) is 34.1 Å². The van der Waals surface area contributed by atoms with Crippen LogP contribution in [0.5, 0.6) is 0 Å². The van der Waals surface area contributed by atoms with Gasteiger partial charge in [-0.3, -0.25) is 12.2 Å². The fourth-order valence-corrected chi connectivity index (χ4v) is 1.98. The van der Waals surface area contributed by atoms with E-state index in [4.69, 9.17) is 0 Å². The van der Waals surface area contributed by atoms with Gasteiger partial charge in [0.25, 0.3) is 0 Å². The van der Waals surface area contributed by atoms with Crippen molar-refractivity contribution in [2.45, 2.75) is 65.2 Å². The molecule has 0 aromatic carbocycles. The molecular formula is C19H29Fe2-. The molecule has 0 bridgehead atoms. The van der Waals surface area contributed by atoms with Crippen LogP contribution in [0.4, 0.5) is 0 Å². The van der Waals surface area contributed by atoms with Gasteiger partial charge in [-0.2, -0.15) is 12.2 Å². The number of rotatable bonds is 6. The van der Waals surface area contributed by atoms with Gasteiger partial charge in [0.05, 0.1) is 0 Å². The van der Waals surface area contributed by atoms with Crippen molar-refractivity contribution in [3.05, 3.63) is 55.0 Å². The summed E-state index contributed by atoms with van der Waals surface area (Å²) in [6.07, 6.45) is 25.1. The van der Waals surface area contributed by atoms with Gasteiger partial charge >= 0.3 is 17.1 Å². The van der Waals surface area contributed by atoms with E-state index in [1.165, 1.54) is 49.7 Å². The monoisotopic (exact) mass is 369 g/mol. The summed E-state index contributed by atoms with van der Waals surface area (Å²) in [6.45, 7) is 4.44. The van der Waals surface area contributed by atoms with Crippen LogP contribution in [0.3, 0.4) is 0 Å². The molecule has 122 valence electrons. The maximum Gasteiger partial charge on any atom is 2.00 e. The van der Waals surface area contributed by atoms with Gasteiger partial charge in [-0.15, -0.1) is 12.8 Å². The molecule has 0 aromatic heterocycles. The summed E-state index contributed by atoms with van der Waals surface area (Å²) >= 11 is 0. The van der Waals surface area contributed by atoms with E-state index in [-0.39, 0.29) is 41.6 Å². The van der Waals surface area contributed by atoms with Gasteiger partial charge < -0.3 is 7.43 Å².